The van der Waals surface area contributed by atoms with Gasteiger partial charge in [-0.1, -0.05) is 12.6 Å². The third-order valence-corrected chi connectivity index (χ3v) is 10.9. The van der Waals surface area contributed by atoms with Crippen LogP contribution in [0.25, 0.3) is 37.0 Å². The van der Waals surface area contributed by atoms with E-state index in [2.05, 4.69) is 26.3 Å². The van der Waals surface area contributed by atoms with Crippen LogP contribution < -0.4 is 15.2 Å². The van der Waals surface area contributed by atoms with Gasteiger partial charge in [0.05, 0.1) is 44.3 Å². The summed E-state index contributed by atoms with van der Waals surface area (Å²) in [5.74, 6) is -1.20. The van der Waals surface area contributed by atoms with Gasteiger partial charge in [0.1, 0.15) is 24.7 Å². The monoisotopic (exact) mass is 698 g/mol. The lowest BCUT2D eigenvalue weighted by molar-refractivity contribution is -0.137. The van der Waals surface area contributed by atoms with Gasteiger partial charge in [0.25, 0.3) is 0 Å². The normalized spacial score (nSPS) is 24.0. The molecule has 0 bridgehead atoms. The molecule has 3 aliphatic rings. The molecule has 3 saturated heterocycles. The minimum Gasteiger partial charge on any atom is -0.471 e. The number of ether oxygens (including phenoxy) is 2. The molecule has 0 spiro atoms. The van der Waals surface area contributed by atoms with Crippen molar-refractivity contribution < 1.29 is 36.2 Å². The van der Waals surface area contributed by atoms with Crippen LogP contribution in [0.15, 0.2) is 36.9 Å². The largest absolute Gasteiger partial charge is 0.471 e. The number of carbonyl (C=O) groups excluding carboxylic acids is 1. The molecule has 9 nitrogen and oxygen atoms in total. The lowest BCUT2D eigenvalue weighted by Gasteiger charge is -2.31. The smallest absolute Gasteiger partial charge is 0.417 e. The third kappa shape index (κ3) is 5.60. The Bertz CT molecular complexity index is 2050. The number of benzene rings is 2. The van der Waals surface area contributed by atoms with Crippen LogP contribution in [0.4, 0.5) is 32.6 Å². The molecule has 3 aliphatic heterocycles. The molecule has 2 N–H and O–H groups in total. The molecule has 7 rings (SSSR count). The van der Waals surface area contributed by atoms with Gasteiger partial charge in [0.2, 0.25) is 17.5 Å². The first-order valence-electron chi connectivity index (χ1n) is 15.8. The molecule has 0 aliphatic carbocycles. The lowest BCUT2D eigenvalue weighted by atomic mass is 9.94. The van der Waals surface area contributed by atoms with Crippen LogP contribution >= 0.6 is 11.3 Å². The molecular formula is C34H31F5N6O3S. The fourth-order valence-corrected chi connectivity index (χ4v) is 8.47. The van der Waals surface area contributed by atoms with E-state index >= 15 is 0 Å². The molecule has 1 amide bonds. The molecule has 3 fully saturated rings. The minimum absolute atomic E-state index is 0.0168. The van der Waals surface area contributed by atoms with Crippen molar-refractivity contribution in [2.45, 2.75) is 62.6 Å². The number of nitrogens with zero attached hydrogens (tertiary/aromatic N) is 5. The zero-order valence-electron chi connectivity index (χ0n) is 26.3. The van der Waals surface area contributed by atoms with Crippen LogP contribution in [0.1, 0.15) is 38.2 Å². The van der Waals surface area contributed by atoms with Crippen molar-refractivity contribution in [3.05, 3.63) is 59.7 Å². The van der Waals surface area contributed by atoms with Crippen molar-refractivity contribution in [2.75, 3.05) is 32.0 Å². The number of hydrogen-bond donors (Lipinski definition) is 1. The van der Waals surface area contributed by atoms with Gasteiger partial charge >= 0.3 is 12.2 Å². The number of amides is 1. The Hall–Kier alpha value is -4.55. The molecule has 0 radical (unpaired) electrons. The van der Waals surface area contributed by atoms with E-state index in [0.29, 0.717) is 25.9 Å². The average Bonchev–Trinajstić information content (AvgIpc) is 3.80. The maximum absolute atomic E-state index is 14.9. The number of rotatable bonds is 7. The standard InChI is InChI=1S/C34H31F5N6O3S/c1-4-26(46)45-11-8-25(17(45)2)48-31-21-12-22(34(37,38)39)20(19-6-7-23(36)29-27(19)28(41-3)30(40)49-29)13-24(21)42-32(43-31)47-16-33-9-5-10-44(33)15-18(35)14-33/h4,6-7,12-13,17-18,25H,1,5,8-11,14-16,40H2,2H3/t17-,18-,25-,33+/m1/s1. The van der Waals surface area contributed by atoms with Gasteiger partial charge in [0.15, 0.2) is 0 Å². The Balaban J connectivity index is 1.39. The zero-order valence-corrected chi connectivity index (χ0v) is 27.1. The first-order valence-corrected chi connectivity index (χ1v) is 16.6. The SMILES string of the molecule is [C-]#[N+]c1c(N)sc2c(F)ccc(-c3cc4nc(OC[C@@]56CCCN5C[C@H](F)C6)nc(O[C@@H]5CCN(C(=O)C=C)[C@@H]5C)c4cc3C(F)(F)F)c12. The lowest BCUT2D eigenvalue weighted by Crippen LogP contribution is -2.43. The quantitative estimate of drug-likeness (QED) is 0.123. The van der Waals surface area contributed by atoms with Crippen LogP contribution in [0.3, 0.4) is 0 Å². The molecular weight excluding hydrogens is 667 g/mol. The van der Waals surface area contributed by atoms with Gasteiger partial charge in [-0.05, 0) is 61.7 Å². The number of halogens is 5. The Morgan fingerprint density at radius 1 is 1.27 bits per heavy atom. The van der Waals surface area contributed by atoms with E-state index in [1.54, 1.807) is 11.8 Å². The summed E-state index contributed by atoms with van der Waals surface area (Å²) in [6, 6.07) is 3.69. The number of likely N-dealkylation sites (tertiary alicyclic amines) is 1. The van der Waals surface area contributed by atoms with Gasteiger partial charge in [-0.2, -0.15) is 23.1 Å². The number of anilines is 1. The van der Waals surface area contributed by atoms with Gasteiger partial charge in [-0.15, -0.1) is 11.3 Å². The second-order valence-electron chi connectivity index (χ2n) is 12.7. The van der Waals surface area contributed by atoms with E-state index in [4.69, 9.17) is 21.8 Å². The molecule has 5 heterocycles. The molecule has 0 unspecified atom stereocenters. The van der Waals surface area contributed by atoms with Crippen molar-refractivity contribution >= 4 is 48.9 Å². The van der Waals surface area contributed by atoms with E-state index in [9.17, 15) is 26.7 Å². The second-order valence-corrected chi connectivity index (χ2v) is 13.8. The third-order valence-electron chi connectivity index (χ3n) is 9.91. The molecule has 4 atom stereocenters. The van der Waals surface area contributed by atoms with E-state index in [0.717, 1.165) is 36.4 Å². The first-order chi connectivity index (χ1) is 23.3. The van der Waals surface area contributed by atoms with Gasteiger partial charge in [0, 0.05) is 31.3 Å². The fraction of sp³-hybridized carbons (Fsp3) is 0.412. The fourth-order valence-electron chi connectivity index (χ4n) is 7.54. The summed E-state index contributed by atoms with van der Waals surface area (Å²) < 4.78 is 86.4. The topological polar surface area (TPSA) is 98.2 Å². The first kappa shape index (κ1) is 33.0. The van der Waals surface area contributed by atoms with Gasteiger partial charge in [-0.3, -0.25) is 9.69 Å². The van der Waals surface area contributed by atoms with Crippen molar-refractivity contribution in [1.82, 2.24) is 19.8 Å². The van der Waals surface area contributed by atoms with Crippen molar-refractivity contribution in [1.29, 1.82) is 0 Å². The minimum atomic E-state index is -4.90. The number of nitrogen functional groups attached to an aromatic ring is 1. The zero-order chi connectivity index (χ0) is 34.8. The maximum atomic E-state index is 14.9. The number of thiophene rings is 1. The van der Waals surface area contributed by atoms with Crippen LogP contribution in [0, 0.1) is 12.4 Å². The summed E-state index contributed by atoms with van der Waals surface area (Å²) in [6.07, 6.45) is -3.10. The maximum Gasteiger partial charge on any atom is 0.417 e. The second kappa shape index (κ2) is 12.1. The Morgan fingerprint density at radius 3 is 2.80 bits per heavy atom. The number of fused-ring (bicyclic) bond motifs is 3. The van der Waals surface area contributed by atoms with Gasteiger partial charge < -0.3 is 20.1 Å². The summed E-state index contributed by atoms with van der Waals surface area (Å²) in [5.41, 5.74) is 3.86. The van der Waals surface area contributed by atoms with E-state index in [1.807, 2.05) is 0 Å². The number of nitrogens with two attached hydrogens (primary N) is 1. The molecule has 256 valence electrons. The molecule has 2 aromatic carbocycles. The highest BCUT2D eigenvalue weighted by Gasteiger charge is 2.49. The van der Waals surface area contributed by atoms with Crippen molar-refractivity contribution in [3.63, 3.8) is 0 Å². The Morgan fingerprint density at radius 2 is 2.06 bits per heavy atom. The van der Waals surface area contributed by atoms with Gasteiger partial charge in [-0.25, -0.2) is 13.6 Å². The molecule has 49 heavy (non-hydrogen) atoms. The highest BCUT2D eigenvalue weighted by Crippen LogP contribution is 2.50. The predicted octanol–water partition coefficient (Wildman–Crippen LogP) is 7.31. The number of carbonyl (C=O) groups is 1. The Kier molecular flexibility index (Phi) is 8.14. The molecule has 0 saturated carbocycles. The number of hydrogen-bond acceptors (Lipinski definition) is 8. The molecule has 4 aromatic rings. The molecule has 2 aromatic heterocycles. The average molecular weight is 699 g/mol. The summed E-state index contributed by atoms with van der Waals surface area (Å²) in [5, 5.41) is -0.113. The summed E-state index contributed by atoms with van der Waals surface area (Å²) in [6.45, 7) is 14.4. The number of aromatic nitrogens is 2. The van der Waals surface area contributed by atoms with Crippen LogP contribution in [0.5, 0.6) is 11.9 Å². The van der Waals surface area contributed by atoms with E-state index in [1.165, 1.54) is 18.2 Å². The Labute approximate surface area is 281 Å². The van der Waals surface area contributed by atoms with Crippen LogP contribution in [-0.2, 0) is 11.0 Å². The van der Waals surface area contributed by atoms with Crippen molar-refractivity contribution in [3.8, 4) is 23.0 Å². The highest BCUT2D eigenvalue weighted by molar-refractivity contribution is 7.23. The predicted molar refractivity (Wildman–Crippen MR) is 175 cm³/mol. The highest BCUT2D eigenvalue weighted by atomic mass is 32.1. The van der Waals surface area contributed by atoms with Crippen LogP contribution in [-0.4, -0.2) is 75.8 Å². The summed E-state index contributed by atoms with van der Waals surface area (Å²) in [7, 11) is 0. The van der Waals surface area contributed by atoms with Crippen LogP contribution in [0.2, 0.25) is 0 Å². The van der Waals surface area contributed by atoms with E-state index in [-0.39, 0.29) is 73.6 Å². The summed E-state index contributed by atoms with van der Waals surface area (Å²) in [4.78, 5) is 28.4. The number of alkyl halides is 4. The van der Waals surface area contributed by atoms with E-state index < -0.39 is 41.4 Å². The van der Waals surface area contributed by atoms with Crippen molar-refractivity contribution in [2.24, 2.45) is 0 Å². The summed E-state index contributed by atoms with van der Waals surface area (Å²) >= 11 is 0.785. The molecule has 15 heteroatoms.